The molecule has 2 aliphatic carbocycles. The summed E-state index contributed by atoms with van der Waals surface area (Å²) in [6.45, 7) is 0.0808. The fraction of sp³-hybridized carbons (Fsp3) is 0.438. The molecule has 0 radical (unpaired) electrons. The number of hydrogen-bond donors (Lipinski definition) is 1. The van der Waals surface area contributed by atoms with Crippen LogP contribution in [0.3, 0.4) is 0 Å². The van der Waals surface area contributed by atoms with Crippen molar-refractivity contribution in [2.24, 2.45) is 11.8 Å². The predicted octanol–water partition coefficient (Wildman–Crippen LogP) is 4.17. The third-order valence-electron chi connectivity index (χ3n) is 8.39. The lowest BCUT2D eigenvalue weighted by molar-refractivity contribution is -0.144. The number of benzene rings is 2. The van der Waals surface area contributed by atoms with Gasteiger partial charge < -0.3 is 10.2 Å². The first-order valence-corrected chi connectivity index (χ1v) is 14.3. The van der Waals surface area contributed by atoms with Crippen molar-refractivity contribution in [1.29, 1.82) is 0 Å². The van der Waals surface area contributed by atoms with Gasteiger partial charge in [-0.3, -0.25) is 24.1 Å². The lowest BCUT2D eigenvalue weighted by Gasteiger charge is -2.33. The lowest BCUT2D eigenvalue weighted by Crippen LogP contribution is -2.52. The van der Waals surface area contributed by atoms with E-state index in [9.17, 15) is 23.6 Å². The molecule has 1 saturated carbocycles. The molecule has 2 fully saturated rings. The average Bonchev–Trinajstić information content (AvgIpc) is 3.57. The van der Waals surface area contributed by atoms with Crippen molar-refractivity contribution >= 4 is 23.6 Å². The molecule has 210 valence electrons. The van der Waals surface area contributed by atoms with Crippen LogP contribution >= 0.6 is 0 Å². The first-order valence-electron chi connectivity index (χ1n) is 14.3. The number of halogens is 1. The van der Waals surface area contributed by atoms with Crippen LogP contribution in [0, 0.1) is 17.7 Å². The molecule has 3 atom stereocenters. The van der Waals surface area contributed by atoms with E-state index in [0.717, 1.165) is 31.2 Å². The van der Waals surface area contributed by atoms with Crippen LogP contribution in [0.25, 0.3) is 0 Å². The van der Waals surface area contributed by atoms with Crippen LogP contribution in [-0.4, -0.2) is 52.1 Å². The molecule has 4 amide bonds. The van der Waals surface area contributed by atoms with Crippen LogP contribution in [0.4, 0.5) is 4.39 Å². The number of allylic oxidation sites excluding steroid dienone is 2. The van der Waals surface area contributed by atoms with Crippen molar-refractivity contribution in [2.75, 3.05) is 6.54 Å². The monoisotopic (exact) mass is 545 g/mol. The molecule has 3 aliphatic rings. The third kappa shape index (κ3) is 6.32. The zero-order valence-electron chi connectivity index (χ0n) is 22.6. The number of amides is 4. The van der Waals surface area contributed by atoms with E-state index in [1.54, 1.807) is 12.1 Å². The fourth-order valence-corrected chi connectivity index (χ4v) is 6.15. The molecule has 0 aromatic heterocycles. The average molecular weight is 546 g/mol. The molecule has 7 nitrogen and oxygen atoms in total. The normalized spacial score (nSPS) is 21.4. The van der Waals surface area contributed by atoms with Gasteiger partial charge in [-0.05, 0) is 48.9 Å². The maximum Gasteiger partial charge on any atom is 0.243 e. The number of nitrogens with one attached hydrogen (secondary N) is 1. The maximum absolute atomic E-state index is 13.9. The van der Waals surface area contributed by atoms with Gasteiger partial charge in [-0.1, -0.05) is 67.5 Å². The summed E-state index contributed by atoms with van der Waals surface area (Å²) in [4.78, 5) is 56.3. The van der Waals surface area contributed by atoms with E-state index in [0.29, 0.717) is 24.8 Å². The quantitative estimate of drug-likeness (QED) is 0.359. The Labute approximate surface area is 234 Å². The van der Waals surface area contributed by atoms with Gasteiger partial charge in [0, 0.05) is 32.0 Å². The van der Waals surface area contributed by atoms with Crippen LogP contribution in [0.2, 0.25) is 0 Å². The number of carbonyl (C=O) groups excluding carboxylic acids is 4. The van der Waals surface area contributed by atoms with Crippen LogP contribution in [0.1, 0.15) is 56.1 Å². The number of hydrogen-bond acceptors (Lipinski definition) is 4. The molecule has 0 spiro atoms. The van der Waals surface area contributed by atoms with Crippen LogP contribution < -0.4 is 5.32 Å². The van der Waals surface area contributed by atoms with Gasteiger partial charge in [0.2, 0.25) is 23.6 Å². The van der Waals surface area contributed by atoms with Crippen molar-refractivity contribution in [2.45, 2.75) is 70.0 Å². The minimum atomic E-state index is -0.808. The Morgan fingerprint density at radius 1 is 0.900 bits per heavy atom. The lowest BCUT2D eigenvalue weighted by atomic mass is 9.85. The van der Waals surface area contributed by atoms with E-state index in [1.165, 1.54) is 21.9 Å². The molecule has 2 aromatic rings. The van der Waals surface area contributed by atoms with Gasteiger partial charge >= 0.3 is 0 Å². The van der Waals surface area contributed by atoms with Gasteiger partial charge in [0.1, 0.15) is 11.9 Å². The van der Waals surface area contributed by atoms with Gasteiger partial charge in [-0.2, -0.15) is 0 Å². The molecule has 1 saturated heterocycles. The fourth-order valence-electron chi connectivity index (χ4n) is 6.15. The molecule has 1 unspecified atom stereocenters. The molecular formula is C32H36FN3O4. The Bertz CT molecular complexity index is 1230. The SMILES string of the molecule is O=C(NC1CCCC1)C(Cc1ccccc1)N(Cc1ccc(F)cc1)C(=O)CCN1C(=O)[C@H]2CC=CC[C@H]2C1=O. The molecule has 5 rings (SSSR count). The minimum Gasteiger partial charge on any atom is -0.352 e. The van der Waals surface area contributed by atoms with Gasteiger partial charge in [-0.25, -0.2) is 4.39 Å². The first-order chi connectivity index (χ1) is 19.4. The van der Waals surface area contributed by atoms with Gasteiger partial charge in [-0.15, -0.1) is 0 Å². The van der Waals surface area contributed by atoms with Crippen LogP contribution in [0.5, 0.6) is 0 Å². The van der Waals surface area contributed by atoms with Crippen molar-refractivity contribution in [3.63, 3.8) is 0 Å². The number of carbonyl (C=O) groups is 4. The zero-order chi connectivity index (χ0) is 28.1. The molecule has 2 aromatic carbocycles. The zero-order valence-corrected chi connectivity index (χ0v) is 22.6. The second-order valence-electron chi connectivity index (χ2n) is 11.1. The summed E-state index contributed by atoms with van der Waals surface area (Å²) in [5.41, 5.74) is 1.60. The summed E-state index contributed by atoms with van der Waals surface area (Å²) in [5, 5.41) is 3.16. The van der Waals surface area contributed by atoms with Gasteiger partial charge in [0.15, 0.2) is 0 Å². The van der Waals surface area contributed by atoms with E-state index in [4.69, 9.17) is 0 Å². The van der Waals surface area contributed by atoms with E-state index in [1.807, 2.05) is 42.5 Å². The van der Waals surface area contributed by atoms with E-state index in [2.05, 4.69) is 5.32 Å². The van der Waals surface area contributed by atoms with E-state index < -0.39 is 6.04 Å². The Morgan fingerprint density at radius 2 is 1.52 bits per heavy atom. The largest absolute Gasteiger partial charge is 0.352 e. The smallest absolute Gasteiger partial charge is 0.243 e. The molecule has 40 heavy (non-hydrogen) atoms. The molecule has 0 bridgehead atoms. The highest BCUT2D eigenvalue weighted by Gasteiger charge is 2.47. The number of nitrogens with zero attached hydrogens (tertiary/aromatic N) is 2. The maximum atomic E-state index is 13.9. The summed E-state index contributed by atoms with van der Waals surface area (Å²) in [6, 6.07) is 14.7. The van der Waals surface area contributed by atoms with Crippen molar-refractivity contribution in [3.8, 4) is 0 Å². The Balaban J connectivity index is 1.38. The Kier molecular flexibility index (Phi) is 8.72. The van der Waals surface area contributed by atoms with E-state index >= 15 is 0 Å². The second kappa shape index (κ2) is 12.6. The summed E-state index contributed by atoms with van der Waals surface area (Å²) in [5.74, 6) is -2.11. The first kappa shape index (κ1) is 27.7. The summed E-state index contributed by atoms with van der Waals surface area (Å²) >= 11 is 0. The summed E-state index contributed by atoms with van der Waals surface area (Å²) in [7, 11) is 0. The molecule has 1 aliphatic heterocycles. The number of fused-ring (bicyclic) bond motifs is 1. The van der Waals surface area contributed by atoms with Crippen LogP contribution in [-0.2, 0) is 32.1 Å². The third-order valence-corrected chi connectivity index (χ3v) is 8.39. The Morgan fingerprint density at radius 3 is 2.15 bits per heavy atom. The number of likely N-dealkylation sites (tertiary alicyclic amines) is 1. The van der Waals surface area contributed by atoms with Crippen LogP contribution in [0.15, 0.2) is 66.7 Å². The highest BCUT2D eigenvalue weighted by molar-refractivity contribution is 6.05. The molecule has 8 heteroatoms. The minimum absolute atomic E-state index is 0.0221. The van der Waals surface area contributed by atoms with E-state index in [-0.39, 0.29) is 66.8 Å². The second-order valence-corrected chi connectivity index (χ2v) is 11.1. The summed E-state index contributed by atoms with van der Waals surface area (Å²) < 4.78 is 13.7. The van der Waals surface area contributed by atoms with Crippen molar-refractivity contribution < 1.29 is 23.6 Å². The van der Waals surface area contributed by atoms with Gasteiger partial charge in [0.25, 0.3) is 0 Å². The highest BCUT2D eigenvalue weighted by Crippen LogP contribution is 2.35. The predicted molar refractivity (Wildman–Crippen MR) is 148 cm³/mol. The van der Waals surface area contributed by atoms with Gasteiger partial charge in [0.05, 0.1) is 11.8 Å². The number of imide groups is 1. The van der Waals surface area contributed by atoms with Crippen molar-refractivity contribution in [1.82, 2.24) is 15.1 Å². The summed E-state index contributed by atoms with van der Waals surface area (Å²) in [6.07, 6.45) is 9.10. The topological polar surface area (TPSA) is 86.8 Å². The Hall–Kier alpha value is -3.81. The number of rotatable bonds is 10. The molecular weight excluding hydrogens is 509 g/mol. The van der Waals surface area contributed by atoms with Crippen molar-refractivity contribution in [3.05, 3.63) is 83.7 Å². The molecule has 1 heterocycles. The molecule has 1 N–H and O–H groups in total. The highest BCUT2D eigenvalue weighted by atomic mass is 19.1. The standard InChI is InChI=1S/C32H36FN3O4/c33-24-16-14-23(15-17-24)21-36(29(37)18-19-35-31(39)26-12-6-7-13-27(26)32(35)40)28(20-22-8-2-1-3-9-22)30(38)34-25-10-4-5-11-25/h1-3,6-9,14-17,25-28H,4-5,10-13,18-21H2,(H,34,38)/t26-,27+,28?.